The van der Waals surface area contributed by atoms with Crippen LogP contribution in [0.2, 0.25) is 0 Å². The standard InChI is InChI=1S/C7H15NO3/c1-8(2,3)5-6(9)4-7(10)11/h6,9H,4-5H2,1-3H3/t6-/m1/s1/i1D3,2D3,4D2,6D,9D. The molecule has 0 bridgehead atoms. The van der Waals surface area contributed by atoms with E-state index in [1.165, 1.54) is 0 Å². The molecule has 0 radical (unpaired) electrons. The van der Waals surface area contributed by atoms with Crippen molar-refractivity contribution in [2.45, 2.75) is 12.5 Å². The van der Waals surface area contributed by atoms with Gasteiger partial charge < -0.3 is 19.5 Å². The van der Waals surface area contributed by atoms with Gasteiger partial charge in [-0.05, 0) is 0 Å². The van der Waals surface area contributed by atoms with E-state index >= 15 is 0 Å². The molecule has 0 fully saturated rings. The van der Waals surface area contributed by atoms with Crippen LogP contribution in [0.3, 0.4) is 0 Å². The summed E-state index contributed by atoms with van der Waals surface area (Å²) in [4.78, 5) is 10.8. The molecular formula is C7H15NO3. The molecule has 11 heavy (non-hydrogen) atoms. The van der Waals surface area contributed by atoms with E-state index in [1.807, 2.05) is 0 Å². The summed E-state index contributed by atoms with van der Waals surface area (Å²) in [5, 5.41) is 14.5. The van der Waals surface area contributed by atoms with Crippen LogP contribution in [0.5, 0.6) is 0 Å². The van der Waals surface area contributed by atoms with Gasteiger partial charge in [-0.15, -0.1) is 0 Å². The van der Waals surface area contributed by atoms with Gasteiger partial charge in [-0.3, -0.25) is 0 Å². The number of likely N-dealkylation sites (N-methyl/N-ethyl adjacent to an activating group) is 1. The Bertz CT molecular complexity index is 390. The number of hydrogen-bond acceptors (Lipinski definition) is 3. The van der Waals surface area contributed by atoms with Gasteiger partial charge in [0.25, 0.3) is 0 Å². The van der Waals surface area contributed by atoms with E-state index in [-0.39, 0.29) is 0 Å². The van der Waals surface area contributed by atoms with Crippen LogP contribution in [0.4, 0.5) is 0 Å². The second-order valence-corrected chi connectivity index (χ2v) is 2.19. The predicted molar refractivity (Wildman–Crippen MR) is 38.5 cm³/mol. The fraction of sp³-hybridized carbons (Fsp3) is 0.857. The van der Waals surface area contributed by atoms with Crippen molar-refractivity contribution < 1.29 is 31.8 Å². The first-order chi connectivity index (χ1) is 8.96. The lowest BCUT2D eigenvalue weighted by Gasteiger charge is -2.26. The normalized spacial score (nSPS) is 34.3. The predicted octanol–water partition coefficient (Wildman–Crippen LogP) is -1.81. The summed E-state index contributed by atoms with van der Waals surface area (Å²) in [6.45, 7) is -7.92. The molecule has 0 aromatic rings. The molecule has 0 aliphatic rings. The molecule has 0 unspecified atom stereocenters. The van der Waals surface area contributed by atoms with Gasteiger partial charge in [0.2, 0.25) is 1.43 Å². The molecule has 4 heteroatoms. The van der Waals surface area contributed by atoms with Gasteiger partial charge in [0.05, 0.1) is 30.6 Å². The van der Waals surface area contributed by atoms with E-state index in [2.05, 4.69) is 5.11 Å². The number of carboxylic acid groups (broad SMARTS) is 1. The molecule has 0 amide bonds. The molecule has 0 spiro atoms. The van der Waals surface area contributed by atoms with Gasteiger partial charge >= 0.3 is 0 Å². The number of aliphatic carboxylic acids is 1. The number of rotatable bonds is 5. The Hall–Kier alpha value is -0.610. The maximum Gasteiger partial charge on any atom is 0.211 e. The highest BCUT2D eigenvalue weighted by molar-refractivity contribution is 5.64. The van der Waals surface area contributed by atoms with Crippen molar-refractivity contribution in [3.8, 4) is 0 Å². The molecule has 0 aliphatic carbocycles. The van der Waals surface area contributed by atoms with E-state index < -0.39 is 43.4 Å². The number of nitrogens with zero attached hydrogens (tertiary/aromatic N) is 1. The average molecular weight is 171 g/mol. The fourth-order valence-corrected chi connectivity index (χ4v) is 0.441. The van der Waals surface area contributed by atoms with Crippen LogP contribution >= 0.6 is 0 Å². The van der Waals surface area contributed by atoms with Gasteiger partial charge in [0.1, 0.15) is 12.6 Å². The third-order valence-electron chi connectivity index (χ3n) is 0.701. The van der Waals surface area contributed by atoms with Crippen LogP contribution < -0.4 is 5.11 Å². The van der Waals surface area contributed by atoms with E-state index in [1.54, 1.807) is 0 Å². The van der Waals surface area contributed by atoms with Crippen molar-refractivity contribution >= 4 is 5.97 Å². The lowest BCUT2D eigenvalue weighted by atomic mass is 10.2. The highest BCUT2D eigenvalue weighted by atomic mass is 16.4. The number of aliphatic hydroxyl groups is 1. The Morgan fingerprint density at radius 3 is 3.09 bits per heavy atom. The maximum atomic E-state index is 10.8. The first-order valence-corrected chi connectivity index (χ1v) is 2.68. The second kappa shape index (κ2) is 3.69. The van der Waals surface area contributed by atoms with Crippen LogP contribution in [0.1, 0.15) is 18.7 Å². The van der Waals surface area contributed by atoms with E-state index in [0.717, 1.165) is 0 Å². The zero-order valence-electron chi connectivity index (χ0n) is 15.9. The summed E-state index contributed by atoms with van der Waals surface area (Å²) < 4.78 is 70.5. The first-order valence-electron chi connectivity index (χ1n) is 7.58. The number of quaternary nitrogens is 1. The molecule has 1 N–H and O–H groups in total. The van der Waals surface area contributed by atoms with Crippen molar-refractivity contribution in [1.82, 2.24) is 0 Å². The van der Waals surface area contributed by atoms with Crippen molar-refractivity contribution in [3.63, 3.8) is 0 Å². The second-order valence-electron chi connectivity index (χ2n) is 2.19. The minimum Gasteiger partial charge on any atom is -0.550 e. The number of carbonyl (C=O) groups excluding carboxylic acids is 1. The average Bonchev–Trinajstić information content (AvgIpc) is 2.25. The summed E-state index contributed by atoms with van der Waals surface area (Å²) >= 11 is 0. The van der Waals surface area contributed by atoms with Crippen LogP contribution in [0.25, 0.3) is 0 Å². The highest BCUT2D eigenvalue weighted by Crippen LogP contribution is 1.97. The third kappa shape index (κ3) is 7.29. The van der Waals surface area contributed by atoms with Gasteiger partial charge in [0.15, 0.2) is 0 Å². The summed E-state index contributed by atoms with van der Waals surface area (Å²) in [7, 11) is 0.674. The van der Waals surface area contributed by atoms with Crippen molar-refractivity contribution in [3.05, 3.63) is 0 Å². The quantitative estimate of drug-likeness (QED) is 0.496. The number of hydrogen-bond donors (Lipinski definition) is 1. The van der Waals surface area contributed by atoms with E-state index in [9.17, 15) is 9.90 Å². The van der Waals surface area contributed by atoms with Crippen LogP contribution in [0, 0.1) is 0 Å². The largest absolute Gasteiger partial charge is 0.550 e. The van der Waals surface area contributed by atoms with Crippen molar-refractivity contribution in [1.29, 1.82) is 1.43 Å². The minimum atomic E-state index is -3.61. The number of carbonyl (C=O) groups is 1. The summed E-state index contributed by atoms with van der Waals surface area (Å²) in [6.07, 6.45) is -6.91. The highest BCUT2D eigenvalue weighted by Gasteiger charge is 2.14. The van der Waals surface area contributed by atoms with Gasteiger partial charge in [-0.25, -0.2) is 0 Å². The molecule has 0 saturated carbocycles. The first kappa shape index (κ1) is 2.44. The lowest BCUT2D eigenvalue weighted by molar-refractivity contribution is -0.873. The molecule has 0 aliphatic heterocycles. The molecular weight excluding hydrogens is 146 g/mol. The van der Waals surface area contributed by atoms with Gasteiger partial charge in [0, 0.05) is 15.1 Å². The Labute approximate surface area is 80.8 Å². The summed E-state index contributed by atoms with van der Waals surface area (Å²) in [5.41, 5.74) is 0. The van der Waals surface area contributed by atoms with E-state index in [0.29, 0.717) is 7.05 Å². The Morgan fingerprint density at radius 1 is 2.09 bits per heavy atom. The summed E-state index contributed by atoms with van der Waals surface area (Å²) in [5.74, 6) is -2.42. The van der Waals surface area contributed by atoms with Crippen molar-refractivity contribution in [2.75, 3.05) is 27.5 Å². The van der Waals surface area contributed by atoms with Crippen LogP contribution in [-0.4, -0.2) is 50.6 Å². The monoisotopic (exact) mass is 171 g/mol. The minimum absolute atomic E-state index is 0.674. The Balaban J connectivity index is 6.00. The molecule has 66 valence electrons. The van der Waals surface area contributed by atoms with Crippen LogP contribution in [-0.2, 0) is 4.79 Å². The zero-order valence-corrected chi connectivity index (χ0v) is 5.88. The molecule has 0 heterocycles. The topological polar surface area (TPSA) is 60.4 Å². The smallest absolute Gasteiger partial charge is 0.211 e. The van der Waals surface area contributed by atoms with E-state index in [4.69, 9.17) is 13.8 Å². The summed E-state index contributed by atoms with van der Waals surface area (Å²) in [6, 6.07) is 0. The Morgan fingerprint density at radius 2 is 2.73 bits per heavy atom. The Kier molecular flexibility index (Phi) is 0.817. The van der Waals surface area contributed by atoms with Gasteiger partial charge in [-0.1, -0.05) is 0 Å². The maximum absolute atomic E-state index is 10.8. The third-order valence-corrected chi connectivity index (χ3v) is 0.701. The van der Waals surface area contributed by atoms with Gasteiger partial charge in [-0.2, -0.15) is 0 Å². The fourth-order valence-electron chi connectivity index (χ4n) is 0.441. The molecule has 0 rings (SSSR count). The molecule has 4 nitrogen and oxygen atoms in total. The molecule has 1 atom stereocenters. The number of carboxylic acids is 1. The lowest BCUT2D eigenvalue weighted by Crippen LogP contribution is -2.43. The van der Waals surface area contributed by atoms with Crippen molar-refractivity contribution in [2.24, 2.45) is 0 Å². The van der Waals surface area contributed by atoms with Crippen LogP contribution in [0.15, 0.2) is 0 Å². The molecule has 0 aromatic carbocycles. The molecule has 0 saturated heterocycles. The zero-order chi connectivity index (χ0) is 17.5. The SMILES string of the molecule is [2H]O[C@@]([2H])(C[N+](C)(C([2H])([2H])[2H])C([2H])([2H])[2H])C([2H])([2H])C(=O)[O-]. The molecule has 0 aromatic heterocycles.